The van der Waals surface area contributed by atoms with Crippen molar-refractivity contribution in [2.75, 3.05) is 44.2 Å². The molecule has 2 N–H and O–H groups in total. The largest absolute Gasteiger partial charge is 0.508 e. The van der Waals surface area contributed by atoms with Crippen LogP contribution < -0.4 is 15.0 Å². The van der Waals surface area contributed by atoms with Crippen molar-refractivity contribution >= 4 is 27.5 Å². The Labute approximate surface area is 257 Å². The van der Waals surface area contributed by atoms with Crippen LogP contribution in [0.15, 0.2) is 48.5 Å². The van der Waals surface area contributed by atoms with E-state index in [1.165, 1.54) is 12.8 Å². The highest BCUT2D eigenvalue weighted by atomic mass is 19.1. The number of nitrogens with one attached hydrogen (secondary N) is 1. The zero-order valence-electron chi connectivity index (χ0n) is 25.0. The molecule has 4 aliphatic rings. The van der Waals surface area contributed by atoms with Crippen LogP contribution in [0.2, 0.25) is 0 Å². The van der Waals surface area contributed by atoms with Gasteiger partial charge in [-0.2, -0.15) is 9.97 Å². The number of benzene rings is 3. The second-order valence-corrected chi connectivity index (χ2v) is 13.3. The molecule has 0 radical (unpaired) electrons. The average Bonchev–Trinajstić information content (AvgIpc) is 3.73. The van der Waals surface area contributed by atoms with Crippen LogP contribution in [-0.2, 0) is 0 Å². The molecular weight excluding hydrogens is 553 g/mol. The predicted octanol–water partition coefficient (Wildman–Crippen LogP) is 5.81. The van der Waals surface area contributed by atoms with Gasteiger partial charge in [0.25, 0.3) is 0 Å². The molecule has 7 nitrogen and oxygen atoms in total. The molecule has 2 atom stereocenters. The fraction of sp³-hybridized carbons (Fsp3) is 0.444. The first-order chi connectivity index (χ1) is 21.4. The van der Waals surface area contributed by atoms with Crippen LogP contribution in [0.4, 0.5) is 10.2 Å². The van der Waals surface area contributed by atoms with E-state index < -0.39 is 6.17 Å². The number of anilines is 1. The van der Waals surface area contributed by atoms with Gasteiger partial charge < -0.3 is 20.1 Å². The third kappa shape index (κ3) is 4.65. The summed E-state index contributed by atoms with van der Waals surface area (Å²) in [4.78, 5) is 14.6. The molecular formula is C36H38FN5O2. The normalized spacial score (nSPS) is 24.7. The van der Waals surface area contributed by atoms with Gasteiger partial charge in [-0.15, -0.1) is 6.42 Å². The summed E-state index contributed by atoms with van der Waals surface area (Å²) < 4.78 is 20.9. The molecule has 0 aliphatic carbocycles. The maximum absolute atomic E-state index is 14.5. The van der Waals surface area contributed by atoms with Gasteiger partial charge in [-0.05, 0) is 98.5 Å². The van der Waals surface area contributed by atoms with Gasteiger partial charge >= 0.3 is 6.01 Å². The molecule has 4 aromatic rings. The fourth-order valence-corrected chi connectivity index (χ4v) is 8.41. The van der Waals surface area contributed by atoms with Gasteiger partial charge in [0.2, 0.25) is 0 Å². The Kier molecular flexibility index (Phi) is 6.65. The highest BCUT2D eigenvalue weighted by molar-refractivity contribution is 6.03. The fourth-order valence-electron chi connectivity index (χ4n) is 8.41. The molecule has 0 saturated carbocycles. The Hall–Kier alpha value is -3.93. The number of hydrogen-bond donors (Lipinski definition) is 2. The van der Waals surface area contributed by atoms with Crippen molar-refractivity contribution in [2.45, 2.75) is 62.2 Å². The first kappa shape index (κ1) is 27.6. The van der Waals surface area contributed by atoms with Crippen LogP contribution in [0.3, 0.4) is 0 Å². The number of phenolic OH excluding ortho intramolecular Hbond substituents is 1. The van der Waals surface area contributed by atoms with Crippen molar-refractivity contribution in [1.29, 1.82) is 0 Å². The highest BCUT2D eigenvalue weighted by Gasteiger charge is 2.49. The van der Waals surface area contributed by atoms with Crippen LogP contribution in [0.1, 0.15) is 50.5 Å². The minimum Gasteiger partial charge on any atom is -0.508 e. The van der Waals surface area contributed by atoms with E-state index in [0.717, 1.165) is 96.0 Å². The van der Waals surface area contributed by atoms with E-state index in [1.807, 2.05) is 24.3 Å². The van der Waals surface area contributed by atoms with E-state index in [1.54, 1.807) is 12.1 Å². The van der Waals surface area contributed by atoms with Gasteiger partial charge in [0.1, 0.15) is 24.3 Å². The molecule has 3 aromatic carbocycles. The summed E-state index contributed by atoms with van der Waals surface area (Å²) in [6.45, 7) is 4.69. The quantitative estimate of drug-likeness (QED) is 0.284. The third-order valence-electron chi connectivity index (χ3n) is 10.7. The molecule has 8 heteroatoms. The van der Waals surface area contributed by atoms with E-state index in [-0.39, 0.29) is 16.8 Å². The van der Waals surface area contributed by atoms with Crippen LogP contribution >= 0.6 is 0 Å². The maximum Gasteiger partial charge on any atom is 0.319 e. The molecule has 226 valence electrons. The number of aromatic hydroxyl groups is 1. The SMILES string of the molecule is C#Cc1cccc2cc(O)cc(-c3ccc4c(N5CCC6(CCCN6)CC5)nc(OC[C@@]56CCCN5C[C@H](F)C6)nc4c3)c12. The number of nitrogens with zero attached hydrogens (tertiary/aromatic N) is 4. The highest BCUT2D eigenvalue weighted by Crippen LogP contribution is 2.42. The summed E-state index contributed by atoms with van der Waals surface area (Å²) in [5.74, 6) is 3.87. The lowest BCUT2D eigenvalue weighted by atomic mass is 9.86. The third-order valence-corrected chi connectivity index (χ3v) is 10.7. The summed E-state index contributed by atoms with van der Waals surface area (Å²) in [6.07, 6.45) is 12.2. The number of aromatic nitrogens is 2. The van der Waals surface area contributed by atoms with Crippen molar-refractivity contribution in [3.05, 3.63) is 54.1 Å². The minimum atomic E-state index is -0.815. The van der Waals surface area contributed by atoms with Crippen LogP contribution in [0.25, 0.3) is 32.8 Å². The molecule has 0 bridgehead atoms. The summed E-state index contributed by atoms with van der Waals surface area (Å²) in [5.41, 5.74) is 3.26. The Morgan fingerprint density at radius 2 is 1.93 bits per heavy atom. The molecule has 4 saturated heterocycles. The van der Waals surface area contributed by atoms with Crippen LogP contribution in [-0.4, -0.2) is 76.6 Å². The van der Waals surface area contributed by atoms with E-state index in [9.17, 15) is 9.50 Å². The standard InChI is InChI=1S/C36H38FN5O2/c1-2-24-6-3-7-26-18-28(43)20-30(32(24)26)25-8-9-29-31(19-25)39-34(44-23-36-11-5-15-42(36)22-27(37)21-36)40-33(29)41-16-12-35(13-17-41)10-4-14-38-35/h1,3,6-9,18-20,27,38,43H,4-5,10-17,21-23H2/t27-,36+/m1/s1. The van der Waals surface area contributed by atoms with Crippen molar-refractivity contribution < 1.29 is 14.2 Å². The molecule has 0 unspecified atom stereocenters. The van der Waals surface area contributed by atoms with Gasteiger partial charge in [0.15, 0.2) is 0 Å². The summed E-state index contributed by atoms with van der Waals surface area (Å²) >= 11 is 0. The number of fused-ring (bicyclic) bond motifs is 3. The monoisotopic (exact) mass is 591 g/mol. The van der Waals surface area contributed by atoms with Crippen LogP contribution in [0, 0.1) is 12.3 Å². The smallest absolute Gasteiger partial charge is 0.319 e. The Balaban J connectivity index is 1.20. The molecule has 44 heavy (non-hydrogen) atoms. The van der Waals surface area contributed by atoms with Crippen molar-refractivity contribution in [2.24, 2.45) is 0 Å². The molecule has 4 aliphatic heterocycles. The van der Waals surface area contributed by atoms with Crippen molar-refractivity contribution in [3.8, 4) is 35.2 Å². The first-order valence-electron chi connectivity index (χ1n) is 16.0. The van der Waals surface area contributed by atoms with Gasteiger partial charge in [0, 0.05) is 47.9 Å². The van der Waals surface area contributed by atoms with E-state index in [2.05, 4.69) is 33.2 Å². The number of hydrogen-bond acceptors (Lipinski definition) is 7. The summed E-state index contributed by atoms with van der Waals surface area (Å²) in [7, 11) is 0. The van der Waals surface area contributed by atoms with Gasteiger partial charge in [0.05, 0.1) is 11.1 Å². The molecule has 5 heterocycles. The number of halogens is 1. The number of piperidine rings is 1. The van der Waals surface area contributed by atoms with Crippen molar-refractivity contribution in [1.82, 2.24) is 20.2 Å². The summed E-state index contributed by atoms with van der Waals surface area (Å²) in [5, 5.41) is 17.2. The van der Waals surface area contributed by atoms with Crippen LogP contribution in [0.5, 0.6) is 11.8 Å². The second-order valence-electron chi connectivity index (χ2n) is 13.3. The van der Waals surface area contributed by atoms with E-state index in [4.69, 9.17) is 21.1 Å². The number of terminal acetylenes is 1. The average molecular weight is 592 g/mol. The lowest BCUT2D eigenvalue weighted by molar-refractivity contribution is 0.107. The van der Waals surface area contributed by atoms with Gasteiger partial charge in [-0.25, -0.2) is 4.39 Å². The first-order valence-corrected chi connectivity index (χ1v) is 16.0. The van der Waals surface area contributed by atoms with E-state index in [0.29, 0.717) is 25.6 Å². The lowest BCUT2D eigenvalue weighted by Crippen LogP contribution is -2.50. The zero-order valence-corrected chi connectivity index (χ0v) is 25.0. The van der Waals surface area contributed by atoms with Gasteiger partial charge in [-0.1, -0.05) is 24.1 Å². The Morgan fingerprint density at radius 1 is 1.05 bits per heavy atom. The summed E-state index contributed by atoms with van der Waals surface area (Å²) in [6, 6.07) is 15.8. The lowest BCUT2D eigenvalue weighted by Gasteiger charge is -2.40. The number of alkyl halides is 1. The molecule has 1 spiro atoms. The maximum atomic E-state index is 14.5. The number of rotatable bonds is 5. The predicted molar refractivity (Wildman–Crippen MR) is 172 cm³/mol. The van der Waals surface area contributed by atoms with Crippen molar-refractivity contribution in [3.63, 3.8) is 0 Å². The zero-order chi connectivity index (χ0) is 29.9. The molecule has 8 rings (SSSR count). The van der Waals surface area contributed by atoms with Gasteiger partial charge in [-0.3, -0.25) is 4.90 Å². The molecule has 4 fully saturated rings. The number of ether oxygens (including phenoxy) is 1. The number of phenols is 1. The molecule has 1 aromatic heterocycles. The minimum absolute atomic E-state index is 0.181. The topological polar surface area (TPSA) is 73.8 Å². The second kappa shape index (κ2) is 10.6. The Bertz CT molecular complexity index is 1790. The molecule has 0 amide bonds. The Morgan fingerprint density at radius 3 is 2.75 bits per heavy atom. The van der Waals surface area contributed by atoms with E-state index >= 15 is 0 Å².